The number of amides is 1. The molecule has 0 fully saturated rings. The lowest BCUT2D eigenvalue weighted by atomic mass is 10.1. The van der Waals surface area contributed by atoms with Crippen molar-refractivity contribution >= 4 is 16.9 Å². The highest BCUT2D eigenvalue weighted by molar-refractivity contribution is 5.94. The molecule has 4 heteroatoms. The van der Waals surface area contributed by atoms with Crippen LogP contribution in [0, 0.1) is 6.92 Å². The van der Waals surface area contributed by atoms with E-state index >= 15 is 0 Å². The Morgan fingerprint density at radius 2 is 1.65 bits per heavy atom. The van der Waals surface area contributed by atoms with E-state index in [0.29, 0.717) is 5.56 Å². The Morgan fingerprint density at radius 1 is 0.962 bits per heavy atom. The van der Waals surface area contributed by atoms with Crippen LogP contribution in [0.15, 0.2) is 78.9 Å². The lowest BCUT2D eigenvalue weighted by Crippen LogP contribution is -2.30. The molecule has 2 N–H and O–H groups in total. The number of fused-ring (bicyclic) bond motifs is 1. The molecular formula is C22H19N3O. The van der Waals surface area contributed by atoms with E-state index in [1.807, 2.05) is 67.6 Å². The number of imidazole rings is 1. The van der Waals surface area contributed by atoms with E-state index in [4.69, 9.17) is 4.98 Å². The average Bonchev–Trinajstić information content (AvgIpc) is 3.10. The summed E-state index contributed by atoms with van der Waals surface area (Å²) in [6.45, 7) is 2.05. The molecular weight excluding hydrogens is 322 g/mol. The summed E-state index contributed by atoms with van der Waals surface area (Å²) in [4.78, 5) is 20.8. The Hall–Kier alpha value is -3.40. The van der Waals surface area contributed by atoms with Crippen molar-refractivity contribution in [2.24, 2.45) is 0 Å². The van der Waals surface area contributed by atoms with Crippen LogP contribution in [0.2, 0.25) is 0 Å². The second kappa shape index (κ2) is 6.84. The number of nitrogens with one attached hydrogen (secondary N) is 2. The first kappa shape index (κ1) is 16.1. The third kappa shape index (κ3) is 3.22. The van der Waals surface area contributed by atoms with Gasteiger partial charge in [0.1, 0.15) is 11.9 Å². The van der Waals surface area contributed by atoms with Gasteiger partial charge >= 0.3 is 0 Å². The molecule has 0 radical (unpaired) electrons. The smallest absolute Gasteiger partial charge is 0.252 e. The minimum Gasteiger partial charge on any atom is -0.340 e. The molecule has 0 aliphatic carbocycles. The lowest BCUT2D eigenvalue weighted by Gasteiger charge is -2.17. The summed E-state index contributed by atoms with van der Waals surface area (Å²) in [6, 6.07) is 24.8. The Kier molecular flexibility index (Phi) is 4.23. The zero-order valence-electron chi connectivity index (χ0n) is 14.4. The van der Waals surface area contributed by atoms with Crippen molar-refractivity contribution in [1.29, 1.82) is 0 Å². The van der Waals surface area contributed by atoms with Gasteiger partial charge in [-0.3, -0.25) is 4.79 Å². The van der Waals surface area contributed by atoms with Gasteiger partial charge in [0, 0.05) is 5.56 Å². The van der Waals surface area contributed by atoms with Crippen molar-refractivity contribution in [3.05, 3.63) is 101 Å². The molecule has 0 aliphatic rings. The number of hydrogen-bond acceptors (Lipinski definition) is 2. The van der Waals surface area contributed by atoms with E-state index in [2.05, 4.69) is 16.4 Å². The molecule has 26 heavy (non-hydrogen) atoms. The molecule has 4 aromatic rings. The predicted octanol–water partition coefficient (Wildman–Crippen LogP) is 4.39. The number of aromatic amines is 1. The number of carbonyl (C=O) groups is 1. The maximum Gasteiger partial charge on any atom is 0.252 e. The summed E-state index contributed by atoms with van der Waals surface area (Å²) in [6.07, 6.45) is 0. The van der Waals surface area contributed by atoms with Crippen LogP contribution in [0.1, 0.15) is 33.4 Å². The predicted molar refractivity (Wildman–Crippen MR) is 103 cm³/mol. The van der Waals surface area contributed by atoms with E-state index in [-0.39, 0.29) is 11.9 Å². The van der Waals surface area contributed by atoms with Gasteiger partial charge in [-0.2, -0.15) is 0 Å². The van der Waals surface area contributed by atoms with Crippen LogP contribution in [0.3, 0.4) is 0 Å². The monoisotopic (exact) mass is 341 g/mol. The van der Waals surface area contributed by atoms with E-state index in [0.717, 1.165) is 28.0 Å². The van der Waals surface area contributed by atoms with Gasteiger partial charge in [-0.1, -0.05) is 54.6 Å². The highest BCUT2D eigenvalue weighted by Gasteiger charge is 2.21. The van der Waals surface area contributed by atoms with Gasteiger partial charge in [0.15, 0.2) is 0 Å². The molecule has 1 atom stereocenters. The number of benzene rings is 3. The second-order valence-electron chi connectivity index (χ2n) is 6.33. The molecule has 0 saturated heterocycles. The van der Waals surface area contributed by atoms with E-state index in [1.165, 1.54) is 0 Å². The molecule has 0 aliphatic heterocycles. The van der Waals surface area contributed by atoms with Crippen LogP contribution in [-0.2, 0) is 0 Å². The summed E-state index contributed by atoms with van der Waals surface area (Å²) in [5.41, 5.74) is 4.63. The van der Waals surface area contributed by atoms with Gasteiger partial charge in [-0.25, -0.2) is 4.98 Å². The van der Waals surface area contributed by atoms with E-state index < -0.39 is 0 Å². The molecule has 3 aromatic carbocycles. The largest absolute Gasteiger partial charge is 0.340 e. The molecule has 4 nitrogen and oxygen atoms in total. The Morgan fingerprint density at radius 3 is 2.38 bits per heavy atom. The van der Waals surface area contributed by atoms with Crippen molar-refractivity contribution in [2.75, 3.05) is 0 Å². The Labute approximate surface area is 151 Å². The fraction of sp³-hybridized carbons (Fsp3) is 0.0909. The van der Waals surface area contributed by atoms with Gasteiger partial charge in [0.25, 0.3) is 5.91 Å². The summed E-state index contributed by atoms with van der Waals surface area (Å²) in [5, 5.41) is 3.11. The van der Waals surface area contributed by atoms with Crippen LogP contribution >= 0.6 is 0 Å². The fourth-order valence-electron chi connectivity index (χ4n) is 3.04. The van der Waals surface area contributed by atoms with Crippen molar-refractivity contribution in [3.8, 4) is 0 Å². The number of carbonyl (C=O) groups excluding carboxylic acids is 1. The van der Waals surface area contributed by atoms with Gasteiger partial charge in [-0.15, -0.1) is 0 Å². The standard InChI is InChI=1S/C22H19N3O/c1-15-12-13-18-19(14-15)24-21(23-18)20(16-8-4-2-5-9-16)25-22(26)17-10-6-3-7-11-17/h2-14,20H,1H3,(H,23,24)(H,25,26). The summed E-state index contributed by atoms with van der Waals surface area (Å²) in [7, 11) is 0. The van der Waals surface area contributed by atoms with Crippen LogP contribution in [0.5, 0.6) is 0 Å². The maximum absolute atomic E-state index is 12.7. The van der Waals surface area contributed by atoms with E-state index in [9.17, 15) is 4.79 Å². The van der Waals surface area contributed by atoms with Crippen LogP contribution in [0.25, 0.3) is 11.0 Å². The number of nitrogens with zero attached hydrogens (tertiary/aromatic N) is 1. The van der Waals surface area contributed by atoms with Crippen molar-refractivity contribution in [1.82, 2.24) is 15.3 Å². The SMILES string of the molecule is Cc1ccc2nc(C(NC(=O)c3ccccc3)c3ccccc3)[nH]c2c1. The van der Waals surface area contributed by atoms with Crippen molar-refractivity contribution < 1.29 is 4.79 Å². The van der Waals surface area contributed by atoms with Crippen LogP contribution in [-0.4, -0.2) is 15.9 Å². The molecule has 0 spiro atoms. The number of aryl methyl sites for hydroxylation is 1. The maximum atomic E-state index is 12.7. The minimum absolute atomic E-state index is 0.129. The Balaban J connectivity index is 1.74. The third-order valence-electron chi connectivity index (χ3n) is 4.37. The molecule has 4 rings (SSSR count). The van der Waals surface area contributed by atoms with Gasteiger partial charge in [-0.05, 0) is 42.3 Å². The minimum atomic E-state index is -0.350. The average molecular weight is 341 g/mol. The normalized spacial score (nSPS) is 12.0. The fourth-order valence-corrected chi connectivity index (χ4v) is 3.04. The number of H-pyrrole nitrogens is 1. The summed E-state index contributed by atoms with van der Waals surface area (Å²) >= 11 is 0. The number of aromatic nitrogens is 2. The molecule has 0 saturated carbocycles. The molecule has 1 amide bonds. The quantitative estimate of drug-likeness (QED) is 0.578. The highest BCUT2D eigenvalue weighted by atomic mass is 16.1. The van der Waals surface area contributed by atoms with Gasteiger partial charge in [0.2, 0.25) is 0 Å². The first-order valence-electron chi connectivity index (χ1n) is 8.58. The van der Waals surface area contributed by atoms with Crippen molar-refractivity contribution in [3.63, 3.8) is 0 Å². The van der Waals surface area contributed by atoms with Crippen molar-refractivity contribution in [2.45, 2.75) is 13.0 Å². The molecule has 1 unspecified atom stereocenters. The lowest BCUT2D eigenvalue weighted by molar-refractivity contribution is 0.0941. The zero-order valence-corrected chi connectivity index (χ0v) is 14.4. The topological polar surface area (TPSA) is 57.8 Å². The zero-order chi connectivity index (χ0) is 17.9. The van der Waals surface area contributed by atoms with Gasteiger partial charge < -0.3 is 10.3 Å². The van der Waals surface area contributed by atoms with E-state index in [1.54, 1.807) is 12.1 Å². The number of rotatable bonds is 4. The first-order valence-corrected chi connectivity index (χ1v) is 8.58. The Bertz CT molecular complexity index is 1040. The molecule has 128 valence electrons. The molecule has 1 heterocycles. The highest BCUT2D eigenvalue weighted by Crippen LogP contribution is 2.23. The third-order valence-corrected chi connectivity index (χ3v) is 4.37. The van der Waals surface area contributed by atoms with Crippen LogP contribution < -0.4 is 5.32 Å². The summed E-state index contributed by atoms with van der Waals surface area (Å²) in [5.74, 6) is 0.595. The summed E-state index contributed by atoms with van der Waals surface area (Å²) < 4.78 is 0. The second-order valence-corrected chi connectivity index (χ2v) is 6.33. The number of hydrogen-bond donors (Lipinski definition) is 2. The first-order chi connectivity index (χ1) is 12.7. The van der Waals surface area contributed by atoms with Crippen LogP contribution in [0.4, 0.5) is 0 Å². The van der Waals surface area contributed by atoms with Gasteiger partial charge in [0.05, 0.1) is 11.0 Å². The molecule has 1 aromatic heterocycles. The molecule has 0 bridgehead atoms.